The van der Waals surface area contributed by atoms with Gasteiger partial charge in [-0.1, -0.05) is 53.5 Å². The highest BCUT2D eigenvalue weighted by Gasteiger charge is 2.26. The Bertz CT molecular complexity index is 751. The molecular formula is C19H20Cl3NO2. The van der Waals surface area contributed by atoms with Gasteiger partial charge in [0, 0.05) is 24.6 Å². The van der Waals surface area contributed by atoms with Crippen LogP contribution in [-0.4, -0.2) is 24.0 Å². The van der Waals surface area contributed by atoms with Crippen LogP contribution in [0.2, 0.25) is 10.0 Å². The molecule has 0 fully saturated rings. The lowest BCUT2D eigenvalue weighted by Crippen LogP contribution is -2.34. The van der Waals surface area contributed by atoms with E-state index in [4.69, 9.17) is 23.2 Å². The Morgan fingerprint density at radius 2 is 1.92 bits per heavy atom. The van der Waals surface area contributed by atoms with Crippen molar-refractivity contribution in [1.82, 2.24) is 5.32 Å². The van der Waals surface area contributed by atoms with Crippen LogP contribution in [0.3, 0.4) is 0 Å². The molecule has 2 atom stereocenters. The molecule has 6 heteroatoms. The third-order valence-corrected chi connectivity index (χ3v) is 5.21. The summed E-state index contributed by atoms with van der Waals surface area (Å²) < 4.78 is 0. The maximum absolute atomic E-state index is 12.5. The van der Waals surface area contributed by atoms with E-state index < -0.39 is 6.10 Å². The molecule has 0 bridgehead atoms. The Labute approximate surface area is 163 Å². The predicted octanol–water partition coefficient (Wildman–Crippen LogP) is 4.48. The van der Waals surface area contributed by atoms with Crippen LogP contribution < -0.4 is 5.32 Å². The molecule has 2 unspecified atom stereocenters. The molecule has 2 N–H and O–H groups in total. The summed E-state index contributed by atoms with van der Waals surface area (Å²) in [4.78, 5) is 12.5. The third-order valence-electron chi connectivity index (χ3n) is 4.47. The van der Waals surface area contributed by atoms with Crippen LogP contribution in [0.5, 0.6) is 0 Å². The summed E-state index contributed by atoms with van der Waals surface area (Å²) >= 11 is 11.9. The lowest BCUT2D eigenvalue weighted by Gasteiger charge is -2.24. The van der Waals surface area contributed by atoms with Crippen LogP contribution in [0.4, 0.5) is 0 Å². The van der Waals surface area contributed by atoms with Gasteiger partial charge in [0.2, 0.25) is 0 Å². The minimum atomic E-state index is -0.689. The number of fused-ring (bicyclic) bond motifs is 1. The smallest absolute Gasteiger partial charge is 0.167 e. The SMILES string of the molecule is Cl.O=C1c2ccccc2CCC1CNCC(O)c1ccc(Cl)c(Cl)c1. The first-order chi connectivity index (χ1) is 11.6. The van der Waals surface area contributed by atoms with Gasteiger partial charge in [-0.25, -0.2) is 0 Å². The van der Waals surface area contributed by atoms with Crippen LogP contribution in [-0.2, 0) is 6.42 Å². The standard InChI is InChI=1S/C19H19Cl2NO2.ClH/c20-16-8-7-13(9-17(16)21)18(23)11-22-10-14-6-5-12-3-1-2-4-15(12)19(14)24;/h1-4,7-9,14,18,22-23H,5-6,10-11H2;1H. The molecular weight excluding hydrogens is 381 g/mol. The summed E-state index contributed by atoms with van der Waals surface area (Å²) in [7, 11) is 0. The van der Waals surface area contributed by atoms with Crippen molar-refractivity contribution in [2.24, 2.45) is 5.92 Å². The Morgan fingerprint density at radius 3 is 2.68 bits per heavy atom. The minimum Gasteiger partial charge on any atom is -0.387 e. The molecule has 2 aromatic rings. The van der Waals surface area contributed by atoms with Crippen molar-refractivity contribution in [3.63, 3.8) is 0 Å². The molecule has 3 rings (SSSR count). The van der Waals surface area contributed by atoms with E-state index in [1.807, 2.05) is 24.3 Å². The zero-order chi connectivity index (χ0) is 17.1. The Balaban J connectivity index is 0.00000225. The molecule has 0 spiro atoms. The summed E-state index contributed by atoms with van der Waals surface area (Å²) in [5, 5.41) is 14.3. The molecule has 3 nitrogen and oxygen atoms in total. The number of hydrogen-bond donors (Lipinski definition) is 2. The molecule has 2 aromatic carbocycles. The Kier molecular flexibility index (Phi) is 7.29. The van der Waals surface area contributed by atoms with Gasteiger partial charge in [-0.2, -0.15) is 0 Å². The van der Waals surface area contributed by atoms with Crippen molar-refractivity contribution in [3.05, 3.63) is 69.2 Å². The van der Waals surface area contributed by atoms with E-state index in [1.165, 1.54) is 0 Å². The number of aryl methyl sites for hydroxylation is 1. The lowest BCUT2D eigenvalue weighted by molar-refractivity contribution is 0.0895. The fraction of sp³-hybridized carbons (Fsp3) is 0.316. The zero-order valence-corrected chi connectivity index (χ0v) is 15.9. The van der Waals surface area contributed by atoms with Crippen molar-refractivity contribution < 1.29 is 9.90 Å². The largest absolute Gasteiger partial charge is 0.387 e. The number of carbonyl (C=O) groups is 1. The summed E-state index contributed by atoms with van der Waals surface area (Å²) in [5.74, 6) is 0.147. The molecule has 1 aliphatic carbocycles. The van der Waals surface area contributed by atoms with Gasteiger partial charge >= 0.3 is 0 Å². The zero-order valence-electron chi connectivity index (χ0n) is 13.5. The molecule has 0 saturated carbocycles. The van der Waals surface area contributed by atoms with E-state index >= 15 is 0 Å². The fourth-order valence-corrected chi connectivity index (χ4v) is 3.39. The van der Waals surface area contributed by atoms with Crippen molar-refractivity contribution in [3.8, 4) is 0 Å². The topological polar surface area (TPSA) is 49.3 Å². The molecule has 0 heterocycles. The lowest BCUT2D eigenvalue weighted by atomic mass is 9.83. The Morgan fingerprint density at radius 1 is 1.16 bits per heavy atom. The maximum Gasteiger partial charge on any atom is 0.167 e. The quantitative estimate of drug-likeness (QED) is 0.778. The van der Waals surface area contributed by atoms with E-state index in [-0.39, 0.29) is 24.1 Å². The van der Waals surface area contributed by atoms with Crippen molar-refractivity contribution in [2.75, 3.05) is 13.1 Å². The number of aliphatic hydroxyl groups excluding tert-OH is 1. The average molecular weight is 401 g/mol. The van der Waals surface area contributed by atoms with Gasteiger partial charge < -0.3 is 10.4 Å². The number of benzene rings is 2. The minimum absolute atomic E-state index is 0. The Hall–Kier alpha value is -1.10. The van der Waals surface area contributed by atoms with E-state index in [1.54, 1.807) is 18.2 Å². The van der Waals surface area contributed by atoms with Gasteiger partial charge in [0.05, 0.1) is 16.1 Å². The van der Waals surface area contributed by atoms with Gasteiger partial charge in [-0.3, -0.25) is 4.79 Å². The van der Waals surface area contributed by atoms with Gasteiger partial charge in [0.15, 0.2) is 5.78 Å². The first-order valence-electron chi connectivity index (χ1n) is 8.02. The second-order valence-corrected chi connectivity index (χ2v) is 6.92. The van der Waals surface area contributed by atoms with Crippen LogP contribution in [0, 0.1) is 5.92 Å². The molecule has 0 aliphatic heterocycles. The maximum atomic E-state index is 12.5. The summed E-state index contributed by atoms with van der Waals surface area (Å²) in [6.45, 7) is 0.926. The highest BCUT2D eigenvalue weighted by molar-refractivity contribution is 6.42. The monoisotopic (exact) mass is 399 g/mol. The van der Waals surface area contributed by atoms with Crippen LogP contribution in [0.15, 0.2) is 42.5 Å². The first-order valence-corrected chi connectivity index (χ1v) is 8.77. The highest BCUT2D eigenvalue weighted by atomic mass is 35.5. The van der Waals surface area contributed by atoms with E-state index in [0.717, 1.165) is 24.0 Å². The number of aliphatic hydroxyl groups is 1. The number of ketones is 1. The first kappa shape index (κ1) is 20.2. The molecule has 0 amide bonds. The molecule has 25 heavy (non-hydrogen) atoms. The van der Waals surface area contributed by atoms with Gasteiger partial charge in [-0.15, -0.1) is 12.4 Å². The van der Waals surface area contributed by atoms with Crippen LogP contribution in [0.25, 0.3) is 0 Å². The number of carbonyl (C=O) groups excluding carboxylic acids is 1. The number of rotatable bonds is 5. The second-order valence-electron chi connectivity index (χ2n) is 6.10. The fourth-order valence-electron chi connectivity index (χ4n) is 3.09. The molecule has 134 valence electrons. The number of nitrogens with one attached hydrogen (secondary N) is 1. The van der Waals surface area contributed by atoms with Crippen molar-refractivity contribution in [2.45, 2.75) is 18.9 Å². The van der Waals surface area contributed by atoms with Gasteiger partial charge in [-0.05, 0) is 36.1 Å². The van der Waals surface area contributed by atoms with E-state index in [9.17, 15) is 9.90 Å². The highest BCUT2D eigenvalue weighted by Crippen LogP contribution is 2.26. The second kappa shape index (κ2) is 9.02. The van der Waals surface area contributed by atoms with Crippen molar-refractivity contribution in [1.29, 1.82) is 0 Å². The molecule has 0 saturated heterocycles. The van der Waals surface area contributed by atoms with Gasteiger partial charge in [0.1, 0.15) is 0 Å². The van der Waals surface area contributed by atoms with E-state index in [2.05, 4.69) is 5.32 Å². The molecule has 0 radical (unpaired) electrons. The molecule has 0 aromatic heterocycles. The normalized spacial score (nSPS) is 17.6. The summed E-state index contributed by atoms with van der Waals surface area (Å²) in [5.41, 5.74) is 2.67. The molecule has 1 aliphatic rings. The van der Waals surface area contributed by atoms with Crippen molar-refractivity contribution >= 4 is 41.4 Å². The van der Waals surface area contributed by atoms with E-state index in [0.29, 0.717) is 28.7 Å². The van der Waals surface area contributed by atoms with Crippen LogP contribution >= 0.6 is 35.6 Å². The summed E-state index contributed by atoms with van der Waals surface area (Å²) in [6, 6.07) is 12.9. The van der Waals surface area contributed by atoms with Crippen LogP contribution in [0.1, 0.15) is 34.0 Å². The predicted molar refractivity (Wildman–Crippen MR) is 104 cm³/mol. The third kappa shape index (κ3) is 4.75. The number of hydrogen-bond acceptors (Lipinski definition) is 3. The number of halogens is 3. The summed E-state index contributed by atoms with van der Waals surface area (Å²) in [6.07, 6.45) is 1.07. The average Bonchev–Trinajstić information content (AvgIpc) is 2.59. The number of Topliss-reactive ketones (excluding diaryl/α,β-unsaturated/α-hetero) is 1. The van der Waals surface area contributed by atoms with Gasteiger partial charge in [0.25, 0.3) is 0 Å².